The normalized spacial score (nSPS) is 17.2. The van der Waals surface area contributed by atoms with E-state index in [0.29, 0.717) is 11.9 Å². The van der Waals surface area contributed by atoms with Crippen molar-refractivity contribution in [1.82, 2.24) is 20.5 Å². The maximum atomic E-state index is 5.88. The lowest BCUT2D eigenvalue weighted by Gasteiger charge is -2.17. The van der Waals surface area contributed by atoms with Crippen LogP contribution in [0.1, 0.15) is 26.3 Å². The van der Waals surface area contributed by atoms with Crippen LogP contribution >= 0.6 is 0 Å². The summed E-state index contributed by atoms with van der Waals surface area (Å²) in [7, 11) is 0. The second kappa shape index (κ2) is 5.99. The highest BCUT2D eigenvalue weighted by atomic mass is 16.4. The van der Waals surface area contributed by atoms with Gasteiger partial charge in [-0.2, -0.15) is 0 Å². The van der Waals surface area contributed by atoms with E-state index in [1.54, 1.807) is 12.3 Å². The number of fused-ring (bicyclic) bond motifs is 1. The average molecular weight is 351 g/mol. The molecule has 8 heteroatoms. The van der Waals surface area contributed by atoms with Crippen molar-refractivity contribution in [3.05, 3.63) is 42.2 Å². The van der Waals surface area contributed by atoms with Gasteiger partial charge in [0.05, 0.1) is 0 Å². The first kappa shape index (κ1) is 16.3. The summed E-state index contributed by atoms with van der Waals surface area (Å²) >= 11 is 0. The Balaban J connectivity index is 1.71. The number of hydrogen-bond acceptors (Lipinski definition) is 7. The first-order chi connectivity index (χ1) is 12.4. The molecule has 4 rings (SSSR count). The molecule has 0 spiro atoms. The Morgan fingerprint density at radius 3 is 2.85 bits per heavy atom. The van der Waals surface area contributed by atoms with Crippen molar-refractivity contribution in [2.45, 2.75) is 32.5 Å². The maximum absolute atomic E-state index is 5.88. The minimum atomic E-state index is -0.346. The number of anilines is 1. The second-order valence-corrected chi connectivity index (χ2v) is 7.22. The Labute approximate surface area is 150 Å². The average Bonchev–Trinajstić information content (AvgIpc) is 3.19. The van der Waals surface area contributed by atoms with Crippen molar-refractivity contribution >= 4 is 22.8 Å². The molecule has 134 valence electrons. The van der Waals surface area contributed by atoms with E-state index in [1.807, 2.05) is 45.2 Å². The number of aromatic nitrogens is 3. The van der Waals surface area contributed by atoms with E-state index >= 15 is 0 Å². The molecule has 1 unspecified atom stereocenters. The summed E-state index contributed by atoms with van der Waals surface area (Å²) in [5, 5.41) is 15.5. The molecule has 3 aromatic rings. The molecule has 8 nitrogen and oxygen atoms in total. The minimum absolute atomic E-state index is 0.154. The number of aliphatic imine (C=N–C) groups is 1. The van der Waals surface area contributed by atoms with Crippen molar-refractivity contribution < 1.29 is 4.42 Å². The molecule has 1 aliphatic heterocycles. The number of rotatable bonds is 3. The van der Waals surface area contributed by atoms with Crippen LogP contribution in [0.5, 0.6) is 0 Å². The highest BCUT2D eigenvalue weighted by molar-refractivity contribution is 6.10. The third-order valence-electron chi connectivity index (χ3n) is 3.88. The van der Waals surface area contributed by atoms with E-state index in [9.17, 15) is 0 Å². The van der Waals surface area contributed by atoms with Crippen LogP contribution in [-0.4, -0.2) is 32.7 Å². The number of nitrogens with zero attached hydrogens (tertiary/aromatic N) is 3. The Kier molecular flexibility index (Phi) is 3.77. The molecule has 0 radical (unpaired) electrons. The van der Waals surface area contributed by atoms with Crippen LogP contribution in [0.3, 0.4) is 0 Å². The van der Waals surface area contributed by atoms with Gasteiger partial charge in [-0.1, -0.05) is 5.10 Å². The molecule has 2 aromatic heterocycles. The van der Waals surface area contributed by atoms with Gasteiger partial charge in [0, 0.05) is 40.0 Å². The fraction of sp³-hybridized carbons (Fsp3) is 0.278. The summed E-state index contributed by atoms with van der Waals surface area (Å²) in [5.74, 6) is 1.19. The van der Waals surface area contributed by atoms with Gasteiger partial charge in [-0.25, -0.2) is 4.99 Å². The standard InChI is InChI=1S/C18H21N7O/c1-18(2,3)23-17-25-24-16(26-17)10-4-5-13-11(8-10)12(9-21-13)15-20-7-6-14(19)22-15/h4-9,14,21H,19H2,1-3H3,(H,20,22)(H,23,25). The van der Waals surface area contributed by atoms with Gasteiger partial charge in [-0.15, -0.1) is 5.10 Å². The highest BCUT2D eigenvalue weighted by Gasteiger charge is 2.17. The molecule has 0 amide bonds. The van der Waals surface area contributed by atoms with Crippen LogP contribution in [0.2, 0.25) is 0 Å². The fourth-order valence-corrected chi connectivity index (χ4v) is 2.76. The van der Waals surface area contributed by atoms with E-state index in [2.05, 4.69) is 30.8 Å². The van der Waals surface area contributed by atoms with E-state index in [4.69, 9.17) is 10.2 Å². The van der Waals surface area contributed by atoms with Crippen molar-refractivity contribution in [3.8, 4) is 11.5 Å². The number of H-pyrrole nitrogens is 1. The predicted molar refractivity (Wildman–Crippen MR) is 102 cm³/mol. The van der Waals surface area contributed by atoms with Gasteiger partial charge in [-0.3, -0.25) is 0 Å². The number of benzene rings is 1. The van der Waals surface area contributed by atoms with Gasteiger partial charge >= 0.3 is 6.01 Å². The smallest absolute Gasteiger partial charge is 0.316 e. The molecular weight excluding hydrogens is 330 g/mol. The first-order valence-corrected chi connectivity index (χ1v) is 8.39. The van der Waals surface area contributed by atoms with E-state index in [1.165, 1.54) is 0 Å². The number of nitrogens with one attached hydrogen (secondary N) is 3. The molecule has 1 aliphatic rings. The number of hydrogen-bond donors (Lipinski definition) is 4. The Morgan fingerprint density at radius 1 is 1.23 bits per heavy atom. The number of aromatic amines is 1. The summed E-state index contributed by atoms with van der Waals surface area (Å²) in [6.07, 6.45) is 5.16. The van der Waals surface area contributed by atoms with Gasteiger partial charge in [0.15, 0.2) is 0 Å². The zero-order valence-electron chi connectivity index (χ0n) is 14.9. The van der Waals surface area contributed by atoms with Crippen LogP contribution in [-0.2, 0) is 0 Å². The van der Waals surface area contributed by atoms with Crippen molar-refractivity contribution in [1.29, 1.82) is 0 Å². The Bertz CT molecular complexity index is 1010. The summed E-state index contributed by atoms with van der Waals surface area (Å²) in [6.45, 7) is 6.10. The van der Waals surface area contributed by atoms with Crippen LogP contribution in [0.15, 0.2) is 46.1 Å². The molecule has 1 aromatic carbocycles. The van der Waals surface area contributed by atoms with Gasteiger partial charge in [0.25, 0.3) is 0 Å². The maximum Gasteiger partial charge on any atom is 0.316 e. The number of nitrogens with two attached hydrogens (primary N) is 1. The van der Waals surface area contributed by atoms with Crippen molar-refractivity contribution in [3.63, 3.8) is 0 Å². The summed E-state index contributed by atoms with van der Waals surface area (Å²) in [5.41, 5.74) is 8.50. The van der Waals surface area contributed by atoms with Gasteiger partial charge in [-0.05, 0) is 45.0 Å². The lowest BCUT2D eigenvalue weighted by atomic mass is 10.1. The van der Waals surface area contributed by atoms with Crippen LogP contribution < -0.4 is 16.4 Å². The molecule has 5 N–H and O–H groups in total. The zero-order chi connectivity index (χ0) is 18.3. The molecular formula is C18H21N7O. The lowest BCUT2D eigenvalue weighted by molar-refractivity contribution is 0.538. The van der Waals surface area contributed by atoms with E-state index in [0.717, 1.165) is 27.9 Å². The SMILES string of the molecule is CC(C)(C)Nc1nnc(-c2ccc3[nH]cc(C4=NC(N)C=CN4)c3c2)o1. The van der Waals surface area contributed by atoms with Crippen LogP contribution in [0, 0.1) is 0 Å². The minimum Gasteiger partial charge on any atom is -0.403 e. The molecule has 0 saturated heterocycles. The van der Waals surface area contributed by atoms with Crippen LogP contribution in [0.4, 0.5) is 6.01 Å². The quantitative estimate of drug-likeness (QED) is 0.576. The molecule has 0 aliphatic carbocycles. The summed E-state index contributed by atoms with van der Waals surface area (Å²) in [4.78, 5) is 7.69. The second-order valence-electron chi connectivity index (χ2n) is 7.22. The van der Waals surface area contributed by atoms with Crippen molar-refractivity contribution in [2.24, 2.45) is 10.7 Å². The van der Waals surface area contributed by atoms with Crippen LogP contribution in [0.25, 0.3) is 22.4 Å². The van der Waals surface area contributed by atoms with E-state index < -0.39 is 0 Å². The molecule has 0 bridgehead atoms. The predicted octanol–water partition coefficient (Wildman–Crippen LogP) is 2.58. The monoisotopic (exact) mass is 351 g/mol. The molecule has 3 heterocycles. The van der Waals surface area contributed by atoms with Crippen molar-refractivity contribution in [2.75, 3.05) is 5.32 Å². The third-order valence-corrected chi connectivity index (χ3v) is 3.88. The third kappa shape index (κ3) is 3.18. The highest BCUT2D eigenvalue weighted by Crippen LogP contribution is 2.27. The summed E-state index contributed by atoms with van der Waals surface area (Å²) in [6, 6.07) is 6.33. The Morgan fingerprint density at radius 2 is 2.08 bits per heavy atom. The molecule has 0 fully saturated rings. The summed E-state index contributed by atoms with van der Waals surface area (Å²) < 4.78 is 5.75. The van der Waals surface area contributed by atoms with Gasteiger partial charge in [0.1, 0.15) is 12.0 Å². The molecule has 26 heavy (non-hydrogen) atoms. The molecule has 0 saturated carbocycles. The van der Waals surface area contributed by atoms with Gasteiger partial charge in [0.2, 0.25) is 5.89 Å². The van der Waals surface area contributed by atoms with Gasteiger partial charge < -0.3 is 25.8 Å². The fourth-order valence-electron chi connectivity index (χ4n) is 2.76. The number of amidine groups is 1. The Hall–Kier alpha value is -3.13. The zero-order valence-corrected chi connectivity index (χ0v) is 14.9. The first-order valence-electron chi connectivity index (χ1n) is 8.39. The molecule has 1 atom stereocenters. The topological polar surface area (TPSA) is 117 Å². The largest absolute Gasteiger partial charge is 0.403 e. The van der Waals surface area contributed by atoms with E-state index in [-0.39, 0.29) is 11.7 Å². The lowest BCUT2D eigenvalue weighted by Crippen LogP contribution is -2.29.